The summed E-state index contributed by atoms with van der Waals surface area (Å²) in [5.41, 5.74) is 0.431. The zero-order chi connectivity index (χ0) is 20.1. The monoisotopic (exact) mass is 420 g/mol. The fraction of sp³-hybridized carbons (Fsp3) is 0.111. The molecule has 1 aromatic heterocycles. The Morgan fingerprint density at radius 2 is 1.96 bits per heavy atom. The van der Waals surface area contributed by atoms with Crippen molar-refractivity contribution < 1.29 is 23.9 Å². The lowest BCUT2D eigenvalue weighted by Gasteiger charge is -2.06. The van der Waals surface area contributed by atoms with Crippen molar-refractivity contribution in [2.45, 2.75) is 11.4 Å². The standard InChI is InChI=1S/C18H14ClN3O5S/c19-14-7-6-11(10-13(14)17(24)25)20-15(23)8-9-28-16-18(26)27-21-22(16)12-4-2-1-3-5-12/h1-7,10H,8-9H2,(H2-,20,21,23,24,25,26)/p+1. The molecule has 0 saturated carbocycles. The predicted molar refractivity (Wildman–Crippen MR) is 103 cm³/mol. The lowest BCUT2D eigenvalue weighted by molar-refractivity contribution is -0.704. The summed E-state index contributed by atoms with van der Waals surface area (Å²) in [7, 11) is 0. The number of hydrogen-bond acceptors (Lipinski definition) is 5. The third kappa shape index (κ3) is 4.62. The molecule has 28 heavy (non-hydrogen) atoms. The van der Waals surface area contributed by atoms with E-state index in [2.05, 4.69) is 10.6 Å². The lowest BCUT2D eigenvalue weighted by Crippen LogP contribution is -2.36. The number of rotatable bonds is 7. The first-order valence-electron chi connectivity index (χ1n) is 8.10. The van der Waals surface area contributed by atoms with Gasteiger partial charge in [0.1, 0.15) is 0 Å². The SMILES string of the molecule is O=C(CCSc1c(=O)o[nH][n+]1-c1ccccc1)Nc1ccc(Cl)c(C(=O)O)c1. The van der Waals surface area contributed by atoms with Gasteiger partial charge in [0.05, 0.1) is 10.6 Å². The Kier molecular flexibility index (Phi) is 6.17. The van der Waals surface area contributed by atoms with Gasteiger partial charge in [0, 0.05) is 30.0 Å². The van der Waals surface area contributed by atoms with E-state index in [9.17, 15) is 14.4 Å². The molecule has 0 aliphatic carbocycles. The normalized spacial score (nSPS) is 10.6. The topological polar surface area (TPSA) is 116 Å². The molecule has 1 heterocycles. The van der Waals surface area contributed by atoms with Crippen LogP contribution in [0.25, 0.3) is 5.69 Å². The van der Waals surface area contributed by atoms with Crippen molar-refractivity contribution in [1.82, 2.24) is 5.27 Å². The maximum Gasteiger partial charge on any atom is 0.442 e. The molecule has 3 N–H and O–H groups in total. The molecule has 0 unspecified atom stereocenters. The van der Waals surface area contributed by atoms with Crippen molar-refractivity contribution >= 4 is 40.9 Å². The van der Waals surface area contributed by atoms with Crippen LogP contribution in [0.5, 0.6) is 0 Å². The van der Waals surface area contributed by atoms with Crippen LogP contribution in [-0.4, -0.2) is 28.0 Å². The van der Waals surface area contributed by atoms with Gasteiger partial charge in [0.15, 0.2) is 0 Å². The largest absolute Gasteiger partial charge is 0.478 e. The first-order chi connectivity index (χ1) is 13.5. The molecule has 0 aliphatic rings. The molecule has 0 bridgehead atoms. The van der Waals surface area contributed by atoms with Crippen LogP contribution >= 0.6 is 23.4 Å². The number of aromatic nitrogens is 2. The minimum absolute atomic E-state index is 0.0886. The molecule has 0 atom stereocenters. The Hall–Kier alpha value is -3.04. The molecule has 144 valence electrons. The maximum atomic E-state index is 12.1. The first-order valence-corrected chi connectivity index (χ1v) is 9.46. The summed E-state index contributed by atoms with van der Waals surface area (Å²) >= 11 is 6.98. The number of thioether (sulfide) groups is 1. The highest BCUT2D eigenvalue weighted by Crippen LogP contribution is 2.21. The van der Waals surface area contributed by atoms with Gasteiger partial charge >= 0.3 is 16.6 Å². The Morgan fingerprint density at radius 1 is 1.21 bits per heavy atom. The Balaban J connectivity index is 1.61. The highest BCUT2D eigenvalue weighted by molar-refractivity contribution is 7.99. The van der Waals surface area contributed by atoms with Crippen LogP contribution < -0.4 is 15.6 Å². The van der Waals surface area contributed by atoms with E-state index in [0.717, 1.165) is 5.69 Å². The van der Waals surface area contributed by atoms with E-state index < -0.39 is 11.6 Å². The number of benzene rings is 2. The van der Waals surface area contributed by atoms with Crippen molar-refractivity contribution in [1.29, 1.82) is 0 Å². The molecule has 8 nitrogen and oxygen atoms in total. The summed E-state index contributed by atoms with van der Waals surface area (Å²) in [4.78, 5) is 35.1. The third-order valence-corrected chi connectivity index (χ3v) is 5.03. The number of aromatic amines is 1. The smallest absolute Gasteiger partial charge is 0.442 e. The fourth-order valence-electron chi connectivity index (χ4n) is 2.36. The predicted octanol–water partition coefficient (Wildman–Crippen LogP) is 2.72. The fourth-order valence-corrected chi connectivity index (χ4v) is 3.48. The van der Waals surface area contributed by atoms with Crippen LogP contribution in [0.3, 0.4) is 0 Å². The maximum absolute atomic E-state index is 12.1. The molecule has 3 aromatic rings. The molecule has 0 aliphatic heterocycles. The van der Waals surface area contributed by atoms with Gasteiger partial charge in [-0.25, -0.2) is 9.59 Å². The van der Waals surface area contributed by atoms with Gasteiger partial charge in [-0.2, -0.15) is 0 Å². The summed E-state index contributed by atoms with van der Waals surface area (Å²) in [6.45, 7) is 0. The van der Waals surface area contributed by atoms with Gasteiger partial charge in [-0.3, -0.25) is 9.32 Å². The molecule has 0 spiro atoms. The summed E-state index contributed by atoms with van der Waals surface area (Å²) in [6.07, 6.45) is 0.106. The van der Waals surface area contributed by atoms with Crippen molar-refractivity contribution in [2.24, 2.45) is 0 Å². The van der Waals surface area contributed by atoms with Crippen LogP contribution in [0.2, 0.25) is 5.02 Å². The Labute approximate surface area is 168 Å². The van der Waals surface area contributed by atoms with Gasteiger partial charge in [-0.1, -0.05) is 29.8 Å². The zero-order valence-electron chi connectivity index (χ0n) is 14.3. The number of carboxylic acids is 1. The number of halogens is 1. The number of nitrogens with zero attached hydrogens (tertiary/aromatic N) is 1. The van der Waals surface area contributed by atoms with Crippen molar-refractivity contribution in [3.05, 3.63) is 69.5 Å². The number of carbonyl (C=O) groups is 2. The van der Waals surface area contributed by atoms with E-state index in [1.807, 2.05) is 30.3 Å². The highest BCUT2D eigenvalue weighted by Gasteiger charge is 2.23. The Morgan fingerprint density at radius 3 is 2.68 bits per heavy atom. The second-order valence-electron chi connectivity index (χ2n) is 5.60. The number of nitrogens with one attached hydrogen (secondary N) is 2. The molecule has 3 rings (SSSR count). The number of anilines is 1. The van der Waals surface area contributed by atoms with E-state index >= 15 is 0 Å². The third-order valence-electron chi connectivity index (χ3n) is 3.67. The average molecular weight is 421 g/mol. The van der Waals surface area contributed by atoms with Gasteiger partial charge in [-0.15, -0.1) is 0 Å². The second kappa shape index (κ2) is 8.77. The summed E-state index contributed by atoms with van der Waals surface area (Å²) < 4.78 is 6.35. The van der Waals surface area contributed by atoms with Crippen LogP contribution in [0.15, 0.2) is 62.9 Å². The van der Waals surface area contributed by atoms with E-state index in [4.69, 9.17) is 21.2 Å². The number of hydrogen-bond donors (Lipinski definition) is 3. The number of amides is 1. The highest BCUT2D eigenvalue weighted by atomic mass is 35.5. The number of H-pyrrole nitrogens is 1. The molecule has 0 saturated heterocycles. The van der Waals surface area contributed by atoms with Gasteiger partial charge in [-0.05, 0) is 39.9 Å². The molecule has 1 amide bonds. The minimum Gasteiger partial charge on any atom is -0.478 e. The van der Waals surface area contributed by atoms with Gasteiger partial charge < -0.3 is 10.4 Å². The zero-order valence-corrected chi connectivity index (χ0v) is 15.9. The summed E-state index contributed by atoms with van der Waals surface area (Å²) in [5, 5.41) is 14.6. The van der Waals surface area contributed by atoms with Crippen LogP contribution in [0.1, 0.15) is 16.8 Å². The number of carbonyl (C=O) groups excluding carboxylic acids is 1. The van der Waals surface area contributed by atoms with Gasteiger partial charge in [0.25, 0.3) is 0 Å². The Bertz CT molecular complexity index is 1060. The van der Waals surface area contributed by atoms with E-state index in [1.54, 1.807) is 0 Å². The van der Waals surface area contributed by atoms with Crippen molar-refractivity contribution in [3.63, 3.8) is 0 Å². The van der Waals surface area contributed by atoms with Crippen LogP contribution in [-0.2, 0) is 4.79 Å². The van der Waals surface area contributed by atoms with E-state index in [1.165, 1.54) is 34.6 Å². The lowest BCUT2D eigenvalue weighted by atomic mass is 10.2. The first kappa shape index (κ1) is 19.7. The molecule has 0 radical (unpaired) electrons. The van der Waals surface area contributed by atoms with Crippen LogP contribution in [0.4, 0.5) is 5.69 Å². The summed E-state index contributed by atoms with van der Waals surface area (Å²) in [6, 6.07) is 13.3. The molecular weight excluding hydrogens is 406 g/mol. The van der Waals surface area contributed by atoms with Crippen LogP contribution in [0, 0.1) is 0 Å². The molecular formula is C18H15ClN3O5S+. The quantitative estimate of drug-likeness (QED) is 0.399. The summed E-state index contributed by atoms with van der Waals surface area (Å²) in [5.74, 6) is -1.18. The molecule has 10 heteroatoms. The molecule has 0 fully saturated rings. The minimum atomic E-state index is -1.18. The van der Waals surface area contributed by atoms with Gasteiger partial charge in [0.2, 0.25) is 11.6 Å². The molecule has 2 aromatic carbocycles. The van der Waals surface area contributed by atoms with Crippen molar-refractivity contribution in [3.8, 4) is 5.69 Å². The number of carboxylic acid groups (broad SMARTS) is 1. The van der Waals surface area contributed by atoms with E-state index in [0.29, 0.717) is 16.5 Å². The average Bonchev–Trinajstić information content (AvgIpc) is 3.04. The van der Waals surface area contributed by atoms with E-state index in [-0.39, 0.29) is 22.9 Å². The number of aromatic carboxylic acids is 1. The number of para-hydroxylation sites is 1. The van der Waals surface area contributed by atoms with Crippen molar-refractivity contribution in [2.75, 3.05) is 11.1 Å². The second-order valence-corrected chi connectivity index (χ2v) is 7.09.